The summed E-state index contributed by atoms with van der Waals surface area (Å²) in [5.41, 5.74) is 0. The number of ketones is 1. The van der Waals surface area contributed by atoms with Crippen molar-refractivity contribution in [3.05, 3.63) is 0 Å². The number of unbranched alkanes of at least 4 members (excludes halogenated alkanes) is 2. The molecule has 0 heterocycles. The highest BCUT2D eigenvalue weighted by Crippen LogP contribution is 2.06. The summed E-state index contributed by atoms with van der Waals surface area (Å²) in [6.07, 6.45) is 4.78. The highest BCUT2D eigenvalue weighted by Gasteiger charge is 2.08. The maximum atomic E-state index is 11.8. The highest BCUT2D eigenvalue weighted by atomic mass is 16.5. The van der Waals surface area contributed by atoms with E-state index < -0.39 is 0 Å². The summed E-state index contributed by atoms with van der Waals surface area (Å²) in [6.45, 7) is 7.09. The van der Waals surface area contributed by atoms with Crippen molar-refractivity contribution in [2.45, 2.75) is 65.4 Å². The van der Waals surface area contributed by atoms with Crippen molar-refractivity contribution in [2.24, 2.45) is 0 Å². The third kappa shape index (κ3) is 10.7. The van der Waals surface area contributed by atoms with Gasteiger partial charge in [0.15, 0.2) is 0 Å². The number of hydrogen-bond donors (Lipinski definition) is 0. The van der Waals surface area contributed by atoms with Crippen LogP contribution in [-0.2, 0) is 14.3 Å². The summed E-state index contributed by atoms with van der Waals surface area (Å²) < 4.78 is 5.41. The summed E-state index contributed by atoms with van der Waals surface area (Å²) in [5.74, 6) is 0.475. The van der Waals surface area contributed by atoms with E-state index in [1.807, 2.05) is 27.8 Å². The molecule has 0 aromatic heterocycles. The Morgan fingerprint density at radius 3 is 2.32 bits per heavy atom. The molecule has 0 aromatic carbocycles. The van der Waals surface area contributed by atoms with Gasteiger partial charge in [0.2, 0.25) is 5.91 Å². The first-order valence-electron chi connectivity index (χ1n) is 7.34. The van der Waals surface area contributed by atoms with Crippen LogP contribution in [0.3, 0.4) is 0 Å². The Balaban J connectivity index is 3.54. The van der Waals surface area contributed by atoms with Gasteiger partial charge >= 0.3 is 0 Å². The number of likely N-dealkylation sites (N-methyl/N-ethyl adjacent to an activating group) is 1. The maximum absolute atomic E-state index is 11.8. The minimum atomic E-state index is 0.161. The Morgan fingerprint density at radius 2 is 1.74 bits per heavy atom. The van der Waals surface area contributed by atoms with Crippen molar-refractivity contribution in [3.63, 3.8) is 0 Å². The van der Waals surface area contributed by atoms with Gasteiger partial charge in [-0.2, -0.15) is 0 Å². The standard InChI is InChI=1S/C15H29NO3/c1-5-14(17)9-7-6-8-10-15(18)16(4)11-12-19-13(2)3/h13H,5-12H2,1-4H3. The molecule has 0 unspecified atom stereocenters. The number of carbonyl (C=O) groups excluding carboxylic acids is 2. The van der Waals surface area contributed by atoms with Gasteiger partial charge in [0.25, 0.3) is 0 Å². The van der Waals surface area contributed by atoms with Gasteiger partial charge in [-0.05, 0) is 26.7 Å². The van der Waals surface area contributed by atoms with Gasteiger partial charge in [0.1, 0.15) is 5.78 Å². The quantitative estimate of drug-likeness (QED) is 0.543. The van der Waals surface area contributed by atoms with Crippen LogP contribution in [-0.4, -0.2) is 42.9 Å². The van der Waals surface area contributed by atoms with Crippen LogP contribution in [0.25, 0.3) is 0 Å². The molecule has 0 aliphatic rings. The second-order valence-corrected chi connectivity index (χ2v) is 5.19. The lowest BCUT2D eigenvalue weighted by Crippen LogP contribution is -2.30. The lowest BCUT2D eigenvalue weighted by Gasteiger charge is -2.18. The van der Waals surface area contributed by atoms with E-state index in [2.05, 4.69) is 0 Å². The fourth-order valence-electron chi connectivity index (χ4n) is 1.69. The molecule has 0 spiro atoms. The molecule has 0 aliphatic heterocycles. The molecule has 4 nitrogen and oxygen atoms in total. The number of Topliss-reactive ketones (excluding diaryl/α,β-unsaturated/α-hetero) is 1. The minimum absolute atomic E-state index is 0.161. The molecule has 4 heteroatoms. The fraction of sp³-hybridized carbons (Fsp3) is 0.867. The normalized spacial score (nSPS) is 10.8. The van der Waals surface area contributed by atoms with Gasteiger partial charge in [-0.3, -0.25) is 9.59 Å². The highest BCUT2D eigenvalue weighted by molar-refractivity contribution is 5.78. The zero-order chi connectivity index (χ0) is 14.7. The second kappa shape index (κ2) is 11.0. The molecule has 1 amide bonds. The van der Waals surface area contributed by atoms with Gasteiger partial charge in [0, 0.05) is 32.9 Å². The molecule has 0 N–H and O–H groups in total. The fourth-order valence-corrected chi connectivity index (χ4v) is 1.69. The van der Waals surface area contributed by atoms with Crippen LogP contribution in [0.4, 0.5) is 0 Å². The van der Waals surface area contributed by atoms with Crippen molar-refractivity contribution in [1.29, 1.82) is 0 Å². The maximum Gasteiger partial charge on any atom is 0.222 e. The molecular weight excluding hydrogens is 242 g/mol. The van der Waals surface area contributed by atoms with E-state index in [0.29, 0.717) is 38.2 Å². The smallest absolute Gasteiger partial charge is 0.222 e. The summed E-state index contributed by atoms with van der Waals surface area (Å²) >= 11 is 0. The molecule has 0 aromatic rings. The Hall–Kier alpha value is -0.900. The van der Waals surface area contributed by atoms with E-state index in [9.17, 15) is 9.59 Å². The van der Waals surface area contributed by atoms with Crippen molar-refractivity contribution in [2.75, 3.05) is 20.2 Å². The predicted molar refractivity (Wildman–Crippen MR) is 77.1 cm³/mol. The molecule has 0 bridgehead atoms. The topological polar surface area (TPSA) is 46.6 Å². The Bertz CT molecular complexity index is 264. The molecule has 19 heavy (non-hydrogen) atoms. The zero-order valence-electron chi connectivity index (χ0n) is 12.9. The van der Waals surface area contributed by atoms with Gasteiger partial charge in [-0.1, -0.05) is 13.3 Å². The van der Waals surface area contributed by atoms with E-state index in [4.69, 9.17) is 4.74 Å². The van der Waals surface area contributed by atoms with Crippen LogP contribution in [0.1, 0.15) is 59.3 Å². The molecule has 0 saturated carbocycles. The molecule has 0 saturated heterocycles. The summed E-state index contributed by atoms with van der Waals surface area (Å²) in [5, 5.41) is 0. The van der Waals surface area contributed by atoms with Gasteiger partial charge < -0.3 is 9.64 Å². The van der Waals surface area contributed by atoms with Crippen molar-refractivity contribution >= 4 is 11.7 Å². The largest absolute Gasteiger partial charge is 0.377 e. The van der Waals surface area contributed by atoms with E-state index in [0.717, 1.165) is 19.3 Å². The molecule has 0 fully saturated rings. The number of carbonyl (C=O) groups is 2. The predicted octanol–water partition coefficient (Wildman–Crippen LogP) is 2.80. The third-order valence-corrected chi connectivity index (χ3v) is 3.04. The Morgan fingerprint density at radius 1 is 1.11 bits per heavy atom. The van der Waals surface area contributed by atoms with E-state index >= 15 is 0 Å². The van der Waals surface area contributed by atoms with Crippen LogP contribution in [0.15, 0.2) is 0 Å². The zero-order valence-corrected chi connectivity index (χ0v) is 12.9. The molecule has 0 atom stereocenters. The van der Waals surface area contributed by atoms with Gasteiger partial charge in [-0.15, -0.1) is 0 Å². The van der Waals surface area contributed by atoms with Gasteiger partial charge in [-0.25, -0.2) is 0 Å². The van der Waals surface area contributed by atoms with Gasteiger partial charge in [0.05, 0.1) is 12.7 Å². The molecular formula is C15H29NO3. The third-order valence-electron chi connectivity index (χ3n) is 3.04. The second-order valence-electron chi connectivity index (χ2n) is 5.19. The van der Waals surface area contributed by atoms with Crippen molar-refractivity contribution in [1.82, 2.24) is 4.90 Å². The van der Waals surface area contributed by atoms with E-state index in [1.165, 1.54) is 0 Å². The number of amides is 1. The molecule has 0 radical (unpaired) electrons. The SMILES string of the molecule is CCC(=O)CCCCCC(=O)N(C)CCOC(C)C. The lowest BCUT2D eigenvalue weighted by atomic mass is 10.1. The average Bonchev–Trinajstić information content (AvgIpc) is 2.37. The summed E-state index contributed by atoms with van der Waals surface area (Å²) in [4.78, 5) is 24.6. The minimum Gasteiger partial charge on any atom is -0.377 e. The summed E-state index contributed by atoms with van der Waals surface area (Å²) in [7, 11) is 1.81. The first-order chi connectivity index (χ1) is 8.97. The average molecular weight is 271 g/mol. The van der Waals surface area contributed by atoms with E-state index in [-0.39, 0.29) is 12.0 Å². The first kappa shape index (κ1) is 18.1. The molecule has 112 valence electrons. The van der Waals surface area contributed by atoms with Crippen LogP contribution in [0.2, 0.25) is 0 Å². The first-order valence-corrected chi connectivity index (χ1v) is 7.34. The van der Waals surface area contributed by atoms with Crippen molar-refractivity contribution in [3.8, 4) is 0 Å². The number of rotatable bonds is 11. The van der Waals surface area contributed by atoms with Crippen LogP contribution >= 0.6 is 0 Å². The van der Waals surface area contributed by atoms with E-state index in [1.54, 1.807) is 4.90 Å². The van der Waals surface area contributed by atoms with Crippen LogP contribution in [0.5, 0.6) is 0 Å². The Labute approximate surface area is 117 Å². The van der Waals surface area contributed by atoms with Crippen LogP contribution < -0.4 is 0 Å². The lowest BCUT2D eigenvalue weighted by molar-refractivity contribution is -0.130. The van der Waals surface area contributed by atoms with Crippen LogP contribution in [0, 0.1) is 0 Å². The number of nitrogens with zero attached hydrogens (tertiary/aromatic N) is 1. The summed E-state index contributed by atoms with van der Waals surface area (Å²) in [6, 6.07) is 0. The Kier molecular flexibility index (Phi) is 10.5. The number of ether oxygens (including phenoxy) is 1. The molecule has 0 rings (SSSR count). The monoisotopic (exact) mass is 271 g/mol. The number of hydrogen-bond acceptors (Lipinski definition) is 3. The van der Waals surface area contributed by atoms with Crippen molar-refractivity contribution < 1.29 is 14.3 Å². The molecule has 0 aliphatic carbocycles.